The average molecular weight is 791 g/mol. The molecule has 3 heteroatoms. The first-order valence-electron chi connectivity index (χ1n) is 21.1. The van der Waals surface area contributed by atoms with Gasteiger partial charge in [-0.25, -0.2) is 4.98 Å². The van der Waals surface area contributed by atoms with Crippen molar-refractivity contribution >= 4 is 71.3 Å². The van der Waals surface area contributed by atoms with Gasteiger partial charge in [-0.3, -0.25) is 0 Å². The third kappa shape index (κ3) is 6.27. The SMILES string of the molecule is c1ccc(-c2cccc(N(c3ccc(-c4cc5ccccc5c5ccccc45)cc3)c3ccc4ccc(-c5ccc6c(ccc7oc(-c8ccccc8)nc76)c5)cc4c3)c2)cc1. The predicted molar refractivity (Wildman–Crippen MR) is 260 cm³/mol. The topological polar surface area (TPSA) is 29.3 Å². The first-order valence-corrected chi connectivity index (χ1v) is 21.1. The normalized spacial score (nSPS) is 11.5. The van der Waals surface area contributed by atoms with E-state index >= 15 is 0 Å². The second-order valence-corrected chi connectivity index (χ2v) is 16.0. The van der Waals surface area contributed by atoms with Gasteiger partial charge in [-0.05, 0) is 144 Å². The summed E-state index contributed by atoms with van der Waals surface area (Å²) in [6, 6.07) is 82.8. The summed E-state index contributed by atoms with van der Waals surface area (Å²) >= 11 is 0. The lowest BCUT2D eigenvalue weighted by atomic mass is 9.93. The molecule has 0 bridgehead atoms. The minimum Gasteiger partial charge on any atom is -0.436 e. The van der Waals surface area contributed by atoms with E-state index in [4.69, 9.17) is 9.40 Å². The Morgan fingerprint density at radius 1 is 0.306 bits per heavy atom. The maximum absolute atomic E-state index is 6.19. The van der Waals surface area contributed by atoms with Crippen molar-refractivity contribution in [3.8, 4) is 44.8 Å². The number of benzene rings is 11. The molecule has 1 heterocycles. The van der Waals surface area contributed by atoms with Crippen molar-refractivity contribution in [1.29, 1.82) is 0 Å². The van der Waals surface area contributed by atoms with Crippen LogP contribution in [0.2, 0.25) is 0 Å². The first kappa shape index (κ1) is 35.7. The molecule has 12 rings (SSSR count). The van der Waals surface area contributed by atoms with Crippen molar-refractivity contribution in [2.24, 2.45) is 0 Å². The van der Waals surface area contributed by atoms with Gasteiger partial charge >= 0.3 is 0 Å². The lowest BCUT2D eigenvalue weighted by molar-refractivity contribution is 0.620. The van der Waals surface area contributed by atoms with Crippen molar-refractivity contribution in [3.63, 3.8) is 0 Å². The molecule has 0 unspecified atom stereocenters. The van der Waals surface area contributed by atoms with Gasteiger partial charge in [-0.15, -0.1) is 0 Å². The number of anilines is 3. The quantitative estimate of drug-likeness (QED) is 0.151. The van der Waals surface area contributed by atoms with Gasteiger partial charge in [-0.2, -0.15) is 0 Å². The number of hydrogen-bond acceptors (Lipinski definition) is 3. The summed E-state index contributed by atoms with van der Waals surface area (Å²) < 4.78 is 6.19. The van der Waals surface area contributed by atoms with Gasteiger partial charge in [0.2, 0.25) is 5.89 Å². The van der Waals surface area contributed by atoms with E-state index in [1.54, 1.807) is 0 Å². The van der Waals surface area contributed by atoms with Crippen molar-refractivity contribution in [3.05, 3.63) is 231 Å². The van der Waals surface area contributed by atoms with E-state index in [0.29, 0.717) is 5.89 Å². The number of aromatic nitrogens is 1. The van der Waals surface area contributed by atoms with Crippen LogP contribution in [0.5, 0.6) is 0 Å². The average Bonchev–Trinajstić information content (AvgIpc) is 3.80. The molecule has 0 saturated heterocycles. The van der Waals surface area contributed by atoms with Crippen LogP contribution in [-0.2, 0) is 0 Å². The van der Waals surface area contributed by atoms with Crippen molar-refractivity contribution in [2.45, 2.75) is 0 Å². The first-order chi connectivity index (χ1) is 30.7. The van der Waals surface area contributed by atoms with Gasteiger partial charge in [0.05, 0.1) is 0 Å². The van der Waals surface area contributed by atoms with Gasteiger partial charge in [0.25, 0.3) is 0 Å². The lowest BCUT2D eigenvalue weighted by Crippen LogP contribution is -2.10. The molecule has 0 saturated carbocycles. The summed E-state index contributed by atoms with van der Waals surface area (Å²) in [6.45, 7) is 0. The van der Waals surface area contributed by atoms with Crippen LogP contribution in [-0.4, -0.2) is 4.98 Å². The standard InChI is InChI=1S/C59H38N2O/c1-3-12-39(13-4-1)43-17-11-18-50(36-43)61(49-29-25-41(26-30-49)56-38-46-16-7-8-19-52(46)54-20-9-10-21-55(54)56)51-31-24-40-22-23-44(35-48(40)37-51)45-27-32-53-47(34-45)28-33-57-58(53)60-59(62-57)42-14-5-2-6-15-42/h1-38H. The maximum Gasteiger partial charge on any atom is 0.227 e. The molecule has 11 aromatic carbocycles. The zero-order valence-electron chi connectivity index (χ0n) is 33.7. The van der Waals surface area contributed by atoms with Crippen molar-refractivity contribution in [1.82, 2.24) is 4.98 Å². The molecule has 12 aromatic rings. The fourth-order valence-corrected chi connectivity index (χ4v) is 9.14. The molecule has 0 fully saturated rings. The minimum absolute atomic E-state index is 0.637. The molecule has 0 N–H and O–H groups in total. The van der Waals surface area contributed by atoms with Crippen molar-refractivity contribution < 1.29 is 4.42 Å². The van der Waals surface area contributed by atoms with E-state index < -0.39 is 0 Å². The Bertz CT molecular complexity index is 3630. The Balaban J connectivity index is 0.951. The number of fused-ring (bicyclic) bond motifs is 7. The number of rotatable bonds is 7. The molecule has 0 aliphatic rings. The second kappa shape index (κ2) is 14.8. The fraction of sp³-hybridized carbons (Fsp3) is 0. The third-order valence-electron chi connectivity index (χ3n) is 12.2. The highest BCUT2D eigenvalue weighted by molar-refractivity contribution is 6.14. The van der Waals surface area contributed by atoms with Crippen molar-refractivity contribution in [2.75, 3.05) is 4.90 Å². The van der Waals surface area contributed by atoms with Crippen LogP contribution in [0.4, 0.5) is 17.1 Å². The predicted octanol–water partition coefficient (Wildman–Crippen LogP) is 16.6. The Morgan fingerprint density at radius 3 is 1.71 bits per heavy atom. The Labute approximate surface area is 359 Å². The van der Waals surface area contributed by atoms with Gasteiger partial charge in [0.15, 0.2) is 5.58 Å². The Hall–Kier alpha value is -8.27. The van der Waals surface area contributed by atoms with Crippen LogP contribution in [0.3, 0.4) is 0 Å². The monoisotopic (exact) mass is 790 g/mol. The van der Waals surface area contributed by atoms with Gasteiger partial charge in [0.1, 0.15) is 5.52 Å². The zero-order chi connectivity index (χ0) is 41.0. The Kier molecular flexibility index (Phi) is 8.50. The number of nitrogens with zero attached hydrogens (tertiary/aromatic N) is 2. The van der Waals surface area contributed by atoms with Gasteiger partial charge in [-0.1, -0.05) is 158 Å². The van der Waals surface area contributed by atoms with Crippen LogP contribution in [0, 0.1) is 0 Å². The van der Waals surface area contributed by atoms with E-state index in [-0.39, 0.29) is 0 Å². The molecule has 0 aliphatic carbocycles. The molecule has 0 atom stereocenters. The second-order valence-electron chi connectivity index (χ2n) is 16.0. The summed E-state index contributed by atoms with van der Waals surface area (Å²) in [6.07, 6.45) is 0. The molecule has 0 spiro atoms. The molecule has 0 radical (unpaired) electrons. The highest BCUT2D eigenvalue weighted by atomic mass is 16.3. The summed E-state index contributed by atoms with van der Waals surface area (Å²) in [4.78, 5) is 7.30. The highest BCUT2D eigenvalue weighted by Gasteiger charge is 2.17. The van der Waals surface area contributed by atoms with E-state index in [1.807, 2.05) is 36.4 Å². The zero-order valence-corrected chi connectivity index (χ0v) is 33.7. The van der Waals surface area contributed by atoms with E-state index in [1.165, 1.54) is 54.6 Å². The summed E-state index contributed by atoms with van der Waals surface area (Å²) in [5.41, 5.74) is 13.0. The largest absolute Gasteiger partial charge is 0.436 e. The van der Waals surface area contributed by atoms with Crippen LogP contribution >= 0.6 is 0 Å². The third-order valence-corrected chi connectivity index (χ3v) is 12.2. The Morgan fingerprint density at radius 2 is 0.887 bits per heavy atom. The smallest absolute Gasteiger partial charge is 0.227 e. The van der Waals surface area contributed by atoms with E-state index in [9.17, 15) is 0 Å². The summed E-state index contributed by atoms with van der Waals surface area (Å²) in [7, 11) is 0. The lowest BCUT2D eigenvalue weighted by Gasteiger charge is -2.27. The molecular formula is C59H38N2O. The molecule has 290 valence electrons. The molecule has 0 aliphatic heterocycles. The van der Waals surface area contributed by atoms with Crippen LogP contribution < -0.4 is 4.90 Å². The molecule has 3 nitrogen and oxygen atoms in total. The number of oxazole rings is 1. The summed E-state index contributed by atoms with van der Waals surface area (Å²) in [5, 5.41) is 9.61. The summed E-state index contributed by atoms with van der Waals surface area (Å²) in [5.74, 6) is 0.637. The molecule has 62 heavy (non-hydrogen) atoms. The van der Waals surface area contributed by atoms with Gasteiger partial charge in [0, 0.05) is 28.0 Å². The van der Waals surface area contributed by atoms with Crippen LogP contribution in [0.15, 0.2) is 235 Å². The van der Waals surface area contributed by atoms with E-state index in [0.717, 1.165) is 55.6 Å². The molecule has 0 amide bonds. The van der Waals surface area contributed by atoms with Gasteiger partial charge < -0.3 is 9.32 Å². The maximum atomic E-state index is 6.19. The molecule has 1 aromatic heterocycles. The molecular weight excluding hydrogens is 753 g/mol. The number of hydrogen-bond donors (Lipinski definition) is 0. The minimum atomic E-state index is 0.637. The van der Waals surface area contributed by atoms with Crippen LogP contribution in [0.25, 0.3) is 99.0 Å². The fourth-order valence-electron chi connectivity index (χ4n) is 9.14. The van der Waals surface area contributed by atoms with E-state index in [2.05, 4.69) is 199 Å². The van der Waals surface area contributed by atoms with Crippen LogP contribution in [0.1, 0.15) is 0 Å². The highest BCUT2D eigenvalue weighted by Crippen LogP contribution is 2.41.